The van der Waals surface area contributed by atoms with E-state index in [0.29, 0.717) is 13.2 Å². The van der Waals surface area contributed by atoms with Gasteiger partial charge in [-0.1, -0.05) is 12.1 Å². The Labute approximate surface area is 127 Å². The first-order valence-corrected chi connectivity index (χ1v) is 7.53. The van der Waals surface area contributed by atoms with Crippen LogP contribution in [0.1, 0.15) is 38.3 Å². The maximum Gasteiger partial charge on any atom is 0.260 e. The minimum Gasteiger partial charge on any atom is -0.481 e. The number of benzene rings is 1. The predicted molar refractivity (Wildman–Crippen MR) is 84.7 cm³/mol. The van der Waals surface area contributed by atoms with Crippen LogP contribution in [0.3, 0.4) is 0 Å². The second-order valence-corrected chi connectivity index (χ2v) is 5.59. The number of hydrogen-bond donors (Lipinski definition) is 1. The number of nitrogens with one attached hydrogen (secondary N) is 1. The van der Waals surface area contributed by atoms with E-state index in [4.69, 9.17) is 9.47 Å². The van der Waals surface area contributed by atoms with Crippen LogP contribution in [0.2, 0.25) is 0 Å². The van der Waals surface area contributed by atoms with Gasteiger partial charge in [0, 0.05) is 13.2 Å². The molecule has 1 amide bonds. The van der Waals surface area contributed by atoms with Gasteiger partial charge in [0.05, 0.1) is 6.10 Å². The van der Waals surface area contributed by atoms with Crippen molar-refractivity contribution in [2.75, 3.05) is 13.2 Å². The van der Waals surface area contributed by atoms with Gasteiger partial charge in [0.25, 0.3) is 5.91 Å². The number of rotatable bonds is 8. The Bertz CT molecular complexity index is 457. The van der Waals surface area contributed by atoms with E-state index in [1.165, 1.54) is 0 Å². The van der Waals surface area contributed by atoms with Crippen LogP contribution in [-0.2, 0) is 9.53 Å². The Balaban J connectivity index is 2.35. The van der Waals surface area contributed by atoms with Crippen LogP contribution in [0.15, 0.2) is 18.2 Å². The molecule has 21 heavy (non-hydrogen) atoms. The lowest BCUT2D eigenvalue weighted by molar-refractivity contribution is -0.127. The highest BCUT2D eigenvalue weighted by Gasteiger charge is 2.15. The summed E-state index contributed by atoms with van der Waals surface area (Å²) in [7, 11) is 0. The molecular formula is C17H27NO3. The summed E-state index contributed by atoms with van der Waals surface area (Å²) in [6, 6.07) is 5.98. The SMILES string of the molecule is Cc1ccc(C)c(O[C@@H](C)C(=O)NCCCOC(C)C)c1. The molecule has 0 radical (unpaired) electrons. The summed E-state index contributed by atoms with van der Waals surface area (Å²) in [5, 5.41) is 2.87. The largest absolute Gasteiger partial charge is 0.481 e. The first-order chi connectivity index (χ1) is 9.90. The maximum absolute atomic E-state index is 12.0. The Hall–Kier alpha value is -1.55. The van der Waals surface area contributed by atoms with Gasteiger partial charge < -0.3 is 14.8 Å². The molecule has 0 aliphatic heterocycles. The highest BCUT2D eigenvalue weighted by molar-refractivity contribution is 5.80. The topological polar surface area (TPSA) is 47.6 Å². The lowest BCUT2D eigenvalue weighted by Crippen LogP contribution is -2.37. The molecule has 0 saturated heterocycles. The van der Waals surface area contributed by atoms with Crippen LogP contribution >= 0.6 is 0 Å². The Morgan fingerprint density at radius 2 is 1.95 bits per heavy atom. The molecule has 1 atom stereocenters. The molecule has 1 aromatic rings. The smallest absolute Gasteiger partial charge is 0.260 e. The molecule has 118 valence electrons. The zero-order chi connectivity index (χ0) is 15.8. The molecule has 1 rings (SSSR count). The molecule has 0 aliphatic carbocycles. The van der Waals surface area contributed by atoms with Crippen molar-refractivity contribution in [3.8, 4) is 5.75 Å². The van der Waals surface area contributed by atoms with Crippen LogP contribution in [0.4, 0.5) is 0 Å². The van der Waals surface area contributed by atoms with Crippen LogP contribution < -0.4 is 10.1 Å². The lowest BCUT2D eigenvalue weighted by Gasteiger charge is -2.17. The average Bonchev–Trinajstić information content (AvgIpc) is 2.41. The summed E-state index contributed by atoms with van der Waals surface area (Å²) in [6.45, 7) is 11.0. The minimum absolute atomic E-state index is 0.0968. The van der Waals surface area contributed by atoms with Crippen molar-refractivity contribution >= 4 is 5.91 Å². The molecule has 0 saturated carbocycles. The number of carbonyl (C=O) groups excluding carboxylic acids is 1. The van der Waals surface area contributed by atoms with Gasteiger partial charge >= 0.3 is 0 Å². The number of amides is 1. The molecule has 4 nitrogen and oxygen atoms in total. The van der Waals surface area contributed by atoms with Crippen molar-refractivity contribution in [1.29, 1.82) is 0 Å². The van der Waals surface area contributed by atoms with E-state index in [2.05, 4.69) is 5.32 Å². The monoisotopic (exact) mass is 293 g/mol. The Morgan fingerprint density at radius 3 is 2.62 bits per heavy atom. The fourth-order valence-electron chi connectivity index (χ4n) is 1.82. The normalized spacial score (nSPS) is 12.3. The van der Waals surface area contributed by atoms with Gasteiger partial charge in [-0.3, -0.25) is 4.79 Å². The number of carbonyl (C=O) groups is 1. The van der Waals surface area contributed by atoms with Crippen molar-refractivity contribution in [2.24, 2.45) is 0 Å². The molecule has 0 aromatic heterocycles. The summed E-state index contributed by atoms with van der Waals surface area (Å²) in [6.07, 6.45) is 0.531. The van der Waals surface area contributed by atoms with Gasteiger partial charge in [0.15, 0.2) is 6.10 Å². The van der Waals surface area contributed by atoms with Crippen molar-refractivity contribution in [3.05, 3.63) is 29.3 Å². The summed E-state index contributed by atoms with van der Waals surface area (Å²) < 4.78 is 11.2. The second kappa shape index (κ2) is 8.67. The summed E-state index contributed by atoms with van der Waals surface area (Å²) in [5.74, 6) is 0.668. The van der Waals surface area contributed by atoms with Gasteiger partial charge in [-0.05, 0) is 58.2 Å². The molecule has 0 aliphatic rings. The van der Waals surface area contributed by atoms with Crippen molar-refractivity contribution in [3.63, 3.8) is 0 Å². The molecule has 0 heterocycles. The third-order valence-electron chi connectivity index (χ3n) is 3.09. The van der Waals surface area contributed by atoms with Crippen LogP contribution in [0.5, 0.6) is 5.75 Å². The number of hydrogen-bond acceptors (Lipinski definition) is 3. The van der Waals surface area contributed by atoms with Crippen molar-refractivity contribution in [2.45, 2.75) is 53.2 Å². The van der Waals surface area contributed by atoms with E-state index in [1.54, 1.807) is 6.92 Å². The number of ether oxygens (including phenoxy) is 2. The highest BCUT2D eigenvalue weighted by atomic mass is 16.5. The van der Waals surface area contributed by atoms with E-state index in [-0.39, 0.29) is 12.0 Å². The van der Waals surface area contributed by atoms with Crippen LogP contribution in [0, 0.1) is 13.8 Å². The van der Waals surface area contributed by atoms with Gasteiger partial charge in [0.2, 0.25) is 0 Å². The molecule has 0 bridgehead atoms. The molecule has 0 fully saturated rings. The third-order valence-corrected chi connectivity index (χ3v) is 3.09. The van der Waals surface area contributed by atoms with Gasteiger partial charge in [0.1, 0.15) is 5.75 Å². The molecular weight excluding hydrogens is 266 g/mol. The lowest BCUT2D eigenvalue weighted by atomic mass is 10.1. The van der Waals surface area contributed by atoms with E-state index in [9.17, 15) is 4.79 Å². The van der Waals surface area contributed by atoms with Crippen molar-refractivity contribution < 1.29 is 14.3 Å². The van der Waals surface area contributed by atoms with E-state index < -0.39 is 6.10 Å². The summed E-state index contributed by atoms with van der Waals surface area (Å²) >= 11 is 0. The first-order valence-electron chi connectivity index (χ1n) is 7.53. The fourth-order valence-corrected chi connectivity index (χ4v) is 1.82. The molecule has 0 unspecified atom stereocenters. The van der Waals surface area contributed by atoms with Crippen LogP contribution in [-0.4, -0.2) is 31.3 Å². The highest BCUT2D eigenvalue weighted by Crippen LogP contribution is 2.20. The summed E-state index contributed by atoms with van der Waals surface area (Å²) in [4.78, 5) is 12.0. The molecule has 1 N–H and O–H groups in total. The van der Waals surface area contributed by atoms with Gasteiger partial charge in [-0.2, -0.15) is 0 Å². The van der Waals surface area contributed by atoms with Gasteiger partial charge in [-0.15, -0.1) is 0 Å². The third kappa shape index (κ3) is 6.63. The predicted octanol–water partition coefficient (Wildman–Crippen LogP) is 3.00. The van der Waals surface area contributed by atoms with E-state index in [0.717, 1.165) is 23.3 Å². The number of aryl methyl sites for hydroxylation is 2. The average molecular weight is 293 g/mol. The zero-order valence-electron chi connectivity index (χ0n) is 13.7. The Kier molecular flexibility index (Phi) is 7.23. The molecule has 1 aromatic carbocycles. The van der Waals surface area contributed by atoms with Gasteiger partial charge in [-0.25, -0.2) is 0 Å². The van der Waals surface area contributed by atoms with Crippen LogP contribution in [0.25, 0.3) is 0 Å². The fraction of sp³-hybridized carbons (Fsp3) is 0.588. The minimum atomic E-state index is -0.503. The first kappa shape index (κ1) is 17.5. The standard InChI is InChI=1S/C17H27NO3/c1-12(2)20-10-6-9-18-17(19)15(5)21-16-11-13(3)7-8-14(16)4/h7-8,11-12,15H,6,9-10H2,1-5H3,(H,18,19)/t15-/m0/s1. The second-order valence-electron chi connectivity index (χ2n) is 5.59. The van der Waals surface area contributed by atoms with Crippen molar-refractivity contribution in [1.82, 2.24) is 5.32 Å². The quantitative estimate of drug-likeness (QED) is 0.750. The zero-order valence-corrected chi connectivity index (χ0v) is 13.7. The molecule has 4 heteroatoms. The maximum atomic E-state index is 12.0. The Morgan fingerprint density at radius 1 is 1.24 bits per heavy atom. The van der Waals surface area contributed by atoms with E-state index >= 15 is 0 Å². The summed E-state index contributed by atoms with van der Waals surface area (Å²) in [5.41, 5.74) is 2.15. The molecule has 0 spiro atoms. The van der Waals surface area contributed by atoms with E-state index in [1.807, 2.05) is 45.9 Å².